The second kappa shape index (κ2) is 3.46. The molecule has 0 aliphatic rings. The van der Waals surface area contributed by atoms with Crippen LogP contribution >= 0.6 is 0 Å². The number of aromatic nitrogens is 1. The molecule has 3 heteroatoms. The second-order valence-electron chi connectivity index (χ2n) is 2.62. The van der Waals surface area contributed by atoms with E-state index in [0.717, 1.165) is 16.3 Å². The predicted molar refractivity (Wildman–Crippen MR) is 42.2 cm³/mol. The number of hydrogen-bond donors (Lipinski definition) is 1. The number of pyridine rings is 1. The summed E-state index contributed by atoms with van der Waals surface area (Å²) < 4.78 is 0. The van der Waals surface area contributed by atoms with Gasteiger partial charge in [-0.15, -0.1) is 0 Å². The van der Waals surface area contributed by atoms with Crippen LogP contribution in [0.2, 0.25) is 0 Å². The molecule has 0 aromatic carbocycles. The van der Waals surface area contributed by atoms with E-state index < -0.39 is 0 Å². The molecule has 1 heterocycles. The Hall–Kier alpha value is -0.930. The van der Waals surface area contributed by atoms with Crippen LogP contribution in [0.15, 0.2) is 18.3 Å². The maximum atomic E-state index is 8.88. The second-order valence-corrected chi connectivity index (χ2v) is 2.62. The van der Waals surface area contributed by atoms with Gasteiger partial charge in [0.25, 0.3) is 0 Å². The topological polar surface area (TPSA) is 36.4 Å². The van der Waals surface area contributed by atoms with Crippen LogP contribution in [0.25, 0.3) is 0 Å². The van der Waals surface area contributed by atoms with Gasteiger partial charge < -0.3 is 5.21 Å². The summed E-state index contributed by atoms with van der Waals surface area (Å²) in [4.78, 5) is 4.09. The van der Waals surface area contributed by atoms with Crippen molar-refractivity contribution in [1.29, 1.82) is 0 Å². The molecule has 0 unspecified atom stereocenters. The number of hydrogen-bond acceptors (Lipinski definition) is 3. The van der Waals surface area contributed by atoms with Gasteiger partial charge in [0.2, 0.25) is 0 Å². The molecule has 11 heavy (non-hydrogen) atoms. The van der Waals surface area contributed by atoms with Gasteiger partial charge in [0.15, 0.2) is 0 Å². The van der Waals surface area contributed by atoms with Crippen molar-refractivity contribution in [2.45, 2.75) is 13.5 Å². The molecule has 0 saturated heterocycles. The Morgan fingerprint density at radius 2 is 2.27 bits per heavy atom. The van der Waals surface area contributed by atoms with Gasteiger partial charge in [-0.2, -0.15) is 5.06 Å². The maximum absolute atomic E-state index is 8.88. The third kappa shape index (κ3) is 2.65. The Kier molecular flexibility index (Phi) is 2.57. The molecule has 60 valence electrons. The van der Waals surface area contributed by atoms with E-state index in [2.05, 4.69) is 4.98 Å². The van der Waals surface area contributed by atoms with Crippen molar-refractivity contribution in [3.8, 4) is 0 Å². The van der Waals surface area contributed by atoms with Crippen molar-refractivity contribution in [2.24, 2.45) is 0 Å². The fraction of sp³-hybridized carbons (Fsp3) is 0.375. The molecular formula is C8H12N2O. The predicted octanol–water partition coefficient (Wildman–Crippen LogP) is 1.21. The maximum Gasteiger partial charge on any atom is 0.0500 e. The smallest absolute Gasteiger partial charge is 0.0500 e. The van der Waals surface area contributed by atoms with Gasteiger partial charge in [-0.05, 0) is 18.6 Å². The lowest BCUT2D eigenvalue weighted by molar-refractivity contribution is -0.0732. The first-order valence-corrected chi connectivity index (χ1v) is 3.50. The average Bonchev–Trinajstić information content (AvgIpc) is 1.93. The number of hydroxylamine groups is 2. The van der Waals surface area contributed by atoms with Crippen LogP contribution in [0.3, 0.4) is 0 Å². The molecule has 0 spiro atoms. The van der Waals surface area contributed by atoms with E-state index in [1.807, 2.05) is 19.1 Å². The van der Waals surface area contributed by atoms with Crippen molar-refractivity contribution < 1.29 is 5.21 Å². The van der Waals surface area contributed by atoms with Gasteiger partial charge in [-0.1, -0.05) is 6.07 Å². The van der Waals surface area contributed by atoms with Crippen LogP contribution in [0.5, 0.6) is 0 Å². The normalized spacial score (nSPS) is 10.5. The minimum atomic E-state index is 0.521. The van der Waals surface area contributed by atoms with Crippen molar-refractivity contribution in [3.63, 3.8) is 0 Å². The van der Waals surface area contributed by atoms with Crippen LogP contribution < -0.4 is 0 Å². The molecule has 0 atom stereocenters. The fourth-order valence-corrected chi connectivity index (χ4v) is 0.856. The molecule has 3 nitrogen and oxygen atoms in total. The minimum absolute atomic E-state index is 0.521. The van der Waals surface area contributed by atoms with Gasteiger partial charge in [0.05, 0.1) is 6.54 Å². The van der Waals surface area contributed by atoms with E-state index in [9.17, 15) is 0 Å². The molecule has 1 rings (SSSR count). The highest BCUT2D eigenvalue weighted by Gasteiger charge is 1.94. The van der Waals surface area contributed by atoms with E-state index in [-0.39, 0.29) is 0 Å². The van der Waals surface area contributed by atoms with Crippen LogP contribution in [-0.4, -0.2) is 22.3 Å². The summed E-state index contributed by atoms with van der Waals surface area (Å²) in [6.07, 6.45) is 1.77. The summed E-state index contributed by atoms with van der Waals surface area (Å²) in [5.41, 5.74) is 2.01. The molecule has 1 aromatic rings. The molecule has 0 fully saturated rings. The van der Waals surface area contributed by atoms with E-state index >= 15 is 0 Å². The third-order valence-electron chi connectivity index (χ3n) is 1.38. The van der Waals surface area contributed by atoms with Crippen LogP contribution in [-0.2, 0) is 6.54 Å². The molecule has 0 radical (unpaired) electrons. The number of rotatable bonds is 2. The van der Waals surface area contributed by atoms with Crippen molar-refractivity contribution >= 4 is 0 Å². The van der Waals surface area contributed by atoms with Gasteiger partial charge in [-0.3, -0.25) is 4.98 Å². The van der Waals surface area contributed by atoms with Crippen LogP contribution in [0.4, 0.5) is 0 Å². The summed E-state index contributed by atoms with van der Waals surface area (Å²) in [6, 6.07) is 3.88. The molecule has 1 aromatic heterocycles. The van der Waals surface area contributed by atoms with Crippen LogP contribution in [0, 0.1) is 6.92 Å². The Morgan fingerprint density at radius 3 is 2.73 bits per heavy atom. The average molecular weight is 152 g/mol. The lowest BCUT2D eigenvalue weighted by atomic mass is 10.2. The Balaban J connectivity index is 2.66. The van der Waals surface area contributed by atoms with Crippen LogP contribution in [0.1, 0.15) is 11.3 Å². The summed E-state index contributed by atoms with van der Waals surface area (Å²) in [7, 11) is 1.61. The quantitative estimate of drug-likeness (QED) is 0.647. The highest BCUT2D eigenvalue weighted by Crippen LogP contribution is 2.00. The molecule has 0 bridgehead atoms. The molecule has 0 aliphatic heterocycles. The largest absolute Gasteiger partial charge is 0.314 e. The minimum Gasteiger partial charge on any atom is -0.314 e. The summed E-state index contributed by atoms with van der Waals surface area (Å²) in [6.45, 7) is 2.46. The molecule has 0 saturated carbocycles. The summed E-state index contributed by atoms with van der Waals surface area (Å²) >= 11 is 0. The molecule has 0 amide bonds. The lowest BCUT2D eigenvalue weighted by Gasteiger charge is -2.06. The monoisotopic (exact) mass is 152 g/mol. The molecule has 0 aliphatic carbocycles. The number of nitrogens with zero attached hydrogens (tertiary/aromatic N) is 2. The van der Waals surface area contributed by atoms with E-state index in [1.54, 1.807) is 13.2 Å². The van der Waals surface area contributed by atoms with E-state index in [0.29, 0.717) is 6.54 Å². The van der Waals surface area contributed by atoms with Crippen molar-refractivity contribution in [2.75, 3.05) is 7.05 Å². The van der Waals surface area contributed by atoms with Gasteiger partial charge in [0.1, 0.15) is 0 Å². The highest BCUT2D eigenvalue weighted by molar-refractivity contribution is 5.12. The first-order valence-electron chi connectivity index (χ1n) is 3.50. The zero-order valence-corrected chi connectivity index (χ0v) is 6.78. The van der Waals surface area contributed by atoms with Gasteiger partial charge >= 0.3 is 0 Å². The first-order chi connectivity index (χ1) is 5.18. The fourth-order valence-electron chi connectivity index (χ4n) is 0.856. The molecule has 1 N–H and O–H groups in total. The Labute approximate surface area is 66.3 Å². The Bertz CT molecular complexity index is 218. The zero-order valence-electron chi connectivity index (χ0n) is 6.78. The SMILES string of the molecule is Cc1ccc(CN(C)O)cn1. The molecular weight excluding hydrogens is 140 g/mol. The van der Waals surface area contributed by atoms with Gasteiger partial charge in [-0.25, -0.2) is 0 Å². The summed E-state index contributed by atoms with van der Waals surface area (Å²) in [5.74, 6) is 0. The third-order valence-corrected chi connectivity index (χ3v) is 1.38. The van der Waals surface area contributed by atoms with Gasteiger partial charge in [0, 0.05) is 18.9 Å². The first kappa shape index (κ1) is 8.17. The zero-order chi connectivity index (χ0) is 8.27. The van der Waals surface area contributed by atoms with E-state index in [4.69, 9.17) is 5.21 Å². The standard InChI is InChI=1S/C8H12N2O/c1-7-3-4-8(5-9-7)6-10(2)11/h3-5,11H,6H2,1-2H3. The van der Waals surface area contributed by atoms with Crippen molar-refractivity contribution in [1.82, 2.24) is 10.0 Å². The lowest BCUT2D eigenvalue weighted by Crippen LogP contribution is -2.11. The summed E-state index contributed by atoms with van der Waals surface area (Å²) in [5, 5.41) is 10.0. The van der Waals surface area contributed by atoms with E-state index in [1.165, 1.54) is 0 Å². The van der Waals surface area contributed by atoms with Crippen molar-refractivity contribution in [3.05, 3.63) is 29.6 Å². The number of aryl methyl sites for hydroxylation is 1. The Morgan fingerprint density at radius 1 is 1.55 bits per heavy atom. The highest BCUT2D eigenvalue weighted by atomic mass is 16.5.